The number of Topliss-reactive ketones (excluding diaryl/α,β-unsaturated/α-hetero) is 1. The van der Waals surface area contributed by atoms with Gasteiger partial charge in [0.15, 0.2) is 16.8 Å². The highest BCUT2D eigenvalue weighted by molar-refractivity contribution is 7.12. The maximum absolute atomic E-state index is 13.6. The molecule has 3 heterocycles. The Morgan fingerprint density at radius 3 is 2.50 bits per heavy atom. The van der Waals surface area contributed by atoms with E-state index in [0.717, 1.165) is 0 Å². The van der Waals surface area contributed by atoms with E-state index in [1.54, 1.807) is 66.3 Å². The van der Waals surface area contributed by atoms with Gasteiger partial charge < -0.3 is 5.73 Å². The molecule has 0 aliphatic carbocycles. The van der Waals surface area contributed by atoms with Gasteiger partial charge in [0.25, 0.3) is 0 Å². The van der Waals surface area contributed by atoms with Crippen LogP contribution in [0.2, 0.25) is 0 Å². The Balaban J connectivity index is 2.11. The second-order valence-electron chi connectivity index (χ2n) is 5.72. The monoisotopic (exact) mass is 362 g/mol. The van der Waals surface area contributed by atoms with Gasteiger partial charge in [-0.15, -0.1) is 11.3 Å². The molecule has 1 aromatic carbocycles. The van der Waals surface area contributed by atoms with Gasteiger partial charge in [0.1, 0.15) is 0 Å². The molecule has 26 heavy (non-hydrogen) atoms. The molecule has 1 atom stereocenters. The Labute approximate surface area is 152 Å². The minimum absolute atomic E-state index is 0.365. The van der Waals surface area contributed by atoms with Crippen molar-refractivity contribution in [2.45, 2.75) is 5.41 Å². The molecule has 4 aromatic rings. The van der Waals surface area contributed by atoms with Gasteiger partial charge in [0.05, 0.1) is 16.8 Å². The summed E-state index contributed by atoms with van der Waals surface area (Å²) in [6.45, 7) is 0. The summed E-state index contributed by atoms with van der Waals surface area (Å²) in [4.78, 5) is 31.1. The molecule has 0 radical (unpaired) electrons. The molecule has 128 valence electrons. The van der Waals surface area contributed by atoms with E-state index < -0.39 is 11.3 Å². The Morgan fingerprint density at radius 2 is 1.81 bits per heavy atom. The summed E-state index contributed by atoms with van der Waals surface area (Å²) in [5.41, 5.74) is 5.57. The number of amides is 1. The average molecular weight is 362 g/mol. The average Bonchev–Trinajstić information content (AvgIpc) is 3.35. The third-order valence-corrected chi connectivity index (χ3v) is 5.20. The lowest BCUT2D eigenvalue weighted by molar-refractivity contribution is -0.120. The summed E-state index contributed by atoms with van der Waals surface area (Å²) in [6, 6.07) is 15.6. The second-order valence-corrected chi connectivity index (χ2v) is 6.67. The summed E-state index contributed by atoms with van der Waals surface area (Å²) in [5, 5.41) is 6.05. The van der Waals surface area contributed by atoms with E-state index in [1.165, 1.54) is 15.9 Å². The molecule has 6 nitrogen and oxygen atoms in total. The van der Waals surface area contributed by atoms with Crippen molar-refractivity contribution in [1.82, 2.24) is 14.6 Å². The first-order valence-electron chi connectivity index (χ1n) is 7.88. The number of primary amides is 1. The standard InChI is InChI=1S/C19H14N4O2S/c20-18(25)19(13-5-2-1-3-6-13,17(24)14-7-4-12-26-14)15-8-10-21-16-9-11-22-23(15)16/h1-12H,(H2,20,25). The summed E-state index contributed by atoms with van der Waals surface area (Å²) >= 11 is 1.27. The lowest BCUT2D eigenvalue weighted by Gasteiger charge is -2.29. The number of nitrogens with zero attached hydrogens (tertiary/aromatic N) is 3. The fourth-order valence-electron chi connectivity index (χ4n) is 3.17. The maximum atomic E-state index is 13.6. The molecule has 0 aliphatic heterocycles. The maximum Gasteiger partial charge on any atom is 0.242 e. The molecule has 0 saturated heterocycles. The van der Waals surface area contributed by atoms with Crippen LogP contribution in [0.5, 0.6) is 0 Å². The van der Waals surface area contributed by atoms with E-state index in [0.29, 0.717) is 21.8 Å². The van der Waals surface area contributed by atoms with Crippen LogP contribution in [0.15, 0.2) is 72.4 Å². The number of nitrogens with two attached hydrogens (primary N) is 1. The first-order valence-corrected chi connectivity index (χ1v) is 8.76. The molecule has 0 aliphatic rings. The normalized spacial score (nSPS) is 13.4. The highest BCUT2D eigenvalue weighted by Gasteiger charge is 2.50. The molecule has 7 heteroatoms. The van der Waals surface area contributed by atoms with Crippen molar-refractivity contribution in [1.29, 1.82) is 0 Å². The van der Waals surface area contributed by atoms with Crippen molar-refractivity contribution in [3.05, 3.63) is 88.5 Å². The number of thiophene rings is 1. The van der Waals surface area contributed by atoms with Gasteiger partial charge in [-0.05, 0) is 23.1 Å². The zero-order valence-corrected chi connectivity index (χ0v) is 14.4. The number of hydrogen-bond acceptors (Lipinski definition) is 5. The third kappa shape index (κ3) is 2.25. The van der Waals surface area contributed by atoms with Crippen LogP contribution < -0.4 is 5.73 Å². The van der Waals surface area contributed by atoms with Crippen LogP contribution >= 0.6 is 11.3 Å². The van der Waals surface area contributed by atoms with Crippen molar-refractivity contribution in [2.75, 3.05) is 0 Å². The lowest BCUT2D eigenvalue weighted by atomic mass is 9.72. The van der Waals surface area contributed by atoms with Crippen molar-refractivity contribution in [2.24, 2.45) is 5.73 Å². The number of rotatable bonds is 5. The quantitative estimate of drug-likeness (QED) is 0.436. The van der Waals surface area contributed by atoms with Crippen LogP contribution in [0.1, 0.15) is 20.9 Å². The minimum Gasteiger partial charge on any atom is -0.368 e. The SMILES string of the molecule is NC(=O)C(C(=O)c1cccs1)(c1ccccc1)c1ccnc2ccnn12. The largest absolute Gasteiger partial charge is 0.368 e. The Bertz CT molecular complexity index is 1090. The fraction of sp³-hybridized carbons (Fsp3) is 0.0526. The summed E-state index contributed by atoms with van der Waals surface area (Å²) < 4.78 is 1.49. The Hall–Kier alpha value is -3.32. The number of carbonyl (C=O) groups is 2. The Kier molecular flexibility index (Phi) is 3.85. The van der Waals surface area contributed by atoms with Crippen molar-refractivity contribution < 1.29 is 9.59 Å². The van der Waals surface area contributed by atoms with Crippen LogP contribution in [0.4, 0.5) is 0 Å². The summed E-state index contributed by atoms with van der Waals surface area (Å²) in [6.07, 6.45) is 3.12. The fourth-order valence-corrected chi connectivity index (χ4v) is 3.90. The van der Waals surface area contributed by atoms with E-state index in [1.807, 2.05) is 6.07 Å². The summed E-state index contributed by atoms with van der Waals surface area (Å²) in [5.74, 6) is -1.14. The van der Waals surface area contributed by atoms with Crippen molar-refractivity contribution in [3.63, 3.8) is 0 Å². The van der Waals surface area contributed by atoms with Gasteiger partial charge >= 0.3 is 0 Å². The molecule has 0 fully saturated rings. The van der Waals surface area contributed by atoms with E-state index in [-0.39, 0.29) is 5.78 Å². The molecule has 1 unspecified atom stereocenters. The van der Waals surface area contributed by atoms with Gasteiger partial charge in [0, 0.05) is 12.3 Å². The molecule has 1 amide bonds. The molecule has 2 N–H and O–H groups in total. The molecule has 0 saturated carbocycles. The summed E-state index contributed by atoms with van der Waals surface area (Å²) in [7, 11) is 0. The number of benzene rings is 1. The predicted octanol–water partition coefficient (Wildman–Crippen LogP) is 2.45. The van der Waals surface area contributed by atoms with Gasteiger partial charge in [-0.2, -0.15) is 5.10 Å². The molecular weight excluding hydrogens is 348 g/mol. The van der Waals surface area contributed by atoms with Gasteiger partial charge in [-0.1, -0.05) is 36.4 Å². The number of aromatic nitrogens is 3. The first-order chi connectivity index (χ1) is 12.7. The van der Waals surface area contributed by atoms with E-state index in [2.05, 4.69) is 10.1 Å². The van der Waals surface area contributed by atoms with E-state index in [9.17, 15) is 9.59 Å². The molecule has 0 spiro atoms. The van der Waals surface area contributed by atoms with E-state index >= 15 is 0 Å². The van der Waals surface area contributed by atoms with Crippen LogP contribution in [0, 0.1) is 0 Å². The first kappa shape index (κ1) is 16.2. The van der Waals surface area contributed by atoms with Crippen LogP contribution in [-0.2, 0) is 10.2 Å². The Morgan fingerprint density at radius 1 is 1.00 bits per heavy atom. The van der Waals surface area contributed by atoms with E-state index in [4.69, 9.17) is 5.73 Å². The van der Waals surface area contributed by atoms with Gasteiger partial charge in [-0.25, -0.2) is 9.50 Å². The zero-order chi connectivity index (χ0) is 18.1. The molecule has 4 rings (SSSR count). The molecule has 0 bridgehead atoms. The van der Waals surface area contributed by atoms with Crippen molar-refractivity contribution >= 4 is 28.7 Å². The number of fused-ring (bicyclic) bond motifs is 1. The highest BCUT2D eigenvalue weighted by Crippen LogP contribution is 2.36. The number of hydrogen-bond donors (Lipinski definition) is 1. The van der Waals surface area contributed by atoms with Gasteiger partial charge in [-0.3, -0.25) is 9.59 Å². The predicted molar refractivity (Wildman–Crippen MR) is 98.1 cm³/mol. The highest BCUT2D eigenvalue weighted by atomic mass is 32.1. The number of carbonyl (C=O) groups excluding carboxylic acids is 2. The molecular formula is C19H14N4O2S. The second kappa shape index (κ2) is 6.20. The number of ketones is 1. The minimum atomic E-state index is -1.71. The van der Waals surface area contributed by atoms with Crippen LogP contribution in [0.3, 0.4) is 0 Å². The van der Waals surface area contributed by atoms with Crippen molar-refractivity contribution in [3.8, 4) is 0 Å². The third-order valence-electron chi connectivity index (χ3n) is 4.34. The molecule has 3 aromatic heterocycles. The smallest absolute Gasteiger partial charge is 0.242 e. The lowest BCUT2D eigenvalue weighted by Crippen LogP contribution is -2.50. The zero-order valence-electron chi connectivity index (χ0n) is 13.6. The van der Waals surface area contributed by atoms with Crippen LogP contribution in [0.25, 0.3) is 5.65 Å². The van der Waals surface area contributed by atoms with Gasteiger partial charge in [0.2, 0.25) is 5.91 Å². The van der Waals surface area contributed by atoms with Crippen LogP contribution in [-0.4, -0.2) is 26.3 Å². The topological polar surface area (TPSA) is 90.4 Å².